The number of aliphatic hydroxyl groups is 4. The average molecular weight is 260 g/mol. The Hall–Kier alpha value is -1.19. The number of hydrogen-bond acceptors (Lipinski definition) is 7. The van der Waals surface area contributed by atoms with E-state index in [0.717, 1.165) is 5.69 Å². The van der Waals surface area contributed by atoms with E-state index >= 15 is 0 Å². The lowest BCUT2D eigenvalue weighted by Gasteiger charge is -2.39. The zero-order valence-corrected chi connectivity index (χ0v) is 9.72. The van der Waals surface area contributed by atoms with E-state index in [1.165, 1.54) is 0 Å². The Balaban J connectivity index is 2.07. The number of ether oxygens (including phenoxy) is 2. The highest BCUT2D eigenvalue weighted by Crippen LogP contribution is 2.23. The van der Waals surface area contributed by atoms with Crippen molar-refractivity contribution in [1.29, 1.82) is 0 Å². The third kappa shape index (κ3) is 2.47. The molecule has 8 heteroatoms. The standard InChI is InChI=1S/C10H16N2O6/c1-4-2-6(12-11-4)18-10-9(16)8(15)7(14)5(3-13)17-10/h2,5,7-10,13-16H,3H2,1H3,(H,11,12)/t5-,7-,8+,9-,10+/m1/s1. The van der Waals surface area contributed by atoms with Gasteiger partial charge in [-0.15, -0.1) is 5.10 Å². The van der Waals surface area contributed by atoms with E-state index in [0.29, 0.717) is 0 Å². The molecule has 0 bridgehead atoms. The summed E-state index contributed by atoms with van der Waals surface area (Å²) in [5, 5.41) is 44.3. The third-order valence-corrected chi connectivity index (χ3v) is 2.77. The van der Waals surface area contributed by atoms with Gasteiger partial charge in [0.25, 0.3) is 0 Å². The number of aromatic nitrogens is 2. The maximum Gasteiger partial charge on any atom is 0.235 e. The summed E-state index contributed by atoms with van der Waals surface area (Å²) in [6.45, 7) is 1.28. The molecule has 5 N–H and O–H groups in total. The van der Waals surface area contributed by atoms with Crippen LogP contribution in [-0.4, -0.2) is 67.9 Å². The van der Waals surface area contributed by atoms with Crippen LogP contribution in [0.1, 0.15) is 5.69 Å². The lowest BCUT2D eigenvalue weighted by atomic mass is 9.99. The molecule has 0 saturated carbocycles. The fourth-order valence-electron chi connectivity index (χ4n) is 1.74. The van der Waals surface area contributed by atoms with Gasteiger partial charge in [-0.1, -0.05) is 0 Å². The predicted octanol–water partition coefficient (Wildman–Crippen LogP) is -2.10. The summed E-state index contributed by atoms with van der Waals surface area (Å²) < 4.78 is 10.4. The smallest absolute Gasteiger partial charge is 0.235 e. The normalized spacial score (nSPS) is 36.6. The highest BCUT2D eigenvalue weighted by molar-refractivity contribution is 5.12. The first-order valence-electron chi connectivity index (χ1n) is 5.52. The van der Waals surface area contributed by atoms with Crippen molar-refractivity contribution in [3.63, 3.8) is 0 Å². The molecule has 0 aromatic carbocycles. The Kier molecular flexibility index (Phi) is 3.83. The summed E-state index contributed by atoms with van der Waals surface area (Å²) in [6, 6.07) is 1.58. The molecule has 0 unspecified atom stereocenters. The molecule has 0 spiro atoms. The first-order chi connectivity index (χ1) is 8.52. The number of aryl methyl sites for hydroxylation is 1. The summed E-state index contributed by atoms with van der Waals surface area (Å²) in [4.78, 5) is 0. The number of aromatic amines is 1. The number of H-pyrrole nitrogens is 1. The molecule has 1 aliphatic rings. The van der Waals surface area contributed by atoms with Gasteiger partial charge in [0.1, 0.15) is 24.4 Å². The van der Waals surface area contributed by atoms with Crippen molar-refractivity contribution >= 4 is 0 Å². The molecule has 0 aliphatic carbocycles. The summed E-state index contributed by atoms with van der Waals surface area (Å²) >= 11 is 0. The molecule has 1 aromatic rings. The second-order valence-electron chi connectivity index (χ2n) is 4.20. The van der Waals surface area contributed by atoms with E-state index in [9.17, 15) is 15.3 Å². The Labute approximate surface area is 103 Å². The predicted molar refractivity (Wildman–Crippen MR) is 57.7 cm³/mol. The number of nitrogens with zero attached hydrogens (tertiary/aromatic N) is 1. The largest absolute Gasteiger partial charge is 0.444 e. The number of hydrogen-bond donors (Lipinski definition) is 5. The summed E-state index contributed by atoms with van der Waals surface area (Å²) in [5.74, 6) is 0.192. The van der Waals surface area contributed by atoms with Crippen molar-refractivity contribution in [2.45, 2.75) is 37.6 Å². The quantitative estimate of drug-likeness (QED) is 0.421. The number of aliphatic hydroxyl groups excluding tert-OH is 4. The van der Waals surface area contributed by atoms with Crippen LogP contribution in [-0.2, 0) is 4.74 Å². The van der Waals surface area contributed by atoms with Crippen molar-refractivity contribution in [3.05, 3.63) is 11.8 Å². The number of nitrogens with one attached hydrogen (secondary N) is 1. The van der Waals surface area contributed by atoms with Gasteiger partial charge in [0, 0.05) is 11.8 Å². The molecule has 8 nitrogen and oxygen atoms in total. The van der Waals surface area contributed by atoms with Gasteiger partial charge in [0.05, 0.1) is 6.61 Å². The van der Waals surface area contributed by atoms with Crippen LogP contribution in [0.15, 0.2) is 6.07 Å². The van der Waals surface area contributed by atoms with Crippen molar-refractivity contribution in [2.75, 3.05) is 6.61 Å². The molecule has 2 rings (SSSR count). The molecule has 102 valence electrons. The molecule has 18 heavy (non-hydrogen) atoms. The van der Waals surface area contributed by atoms with Gasteiger partial charge in [0.15, 0.2) is 0 Å². The maximum absolute atomic E-state index is 9.71. The second kappa shape index (κ2) is 5.21. The van der Waals surface area contributed by atoms with Crippen LogP contribution in [0.3, 0.4) is 0 Å². The van der Waals surface area contributed by atoms with E-state index < -0.39 is 37.3 Å². The first-order valence-corrected chi connectivity index (χ1v) is 5.52. The van der Waals surface area contributed by atoms with Crippen LogP contribution in [0, 0.1) is 6.92 Å². The Morgan fingerprint density at radius 3 is 2.61 bits per heavy atom. The molecular formula is C10H16N2O6. The Bertz CT molecular complexity index is 395. The SMILES string of the molecule is Cc1cc(O[C@@H]2O[C@H](CO)[C@@H](O)[C@H](O)[C@H]2O)n[nH]1. The molecular weight excluding hydrogens is 244 g/mol. The van der Waals surface area contributed by atoms with Crippen LogP contribution >= 0.6 is 0 Å². The molecule has 5 atom stereocenters. The van der Waals surface area contributed by atoms with Gasteiger partial charge >= 0.3 is 0 Å². The topological polar surface area (TPSA) is 128 Å². The fraction of sp³-hybridized carbons (Fsp3) is 0.700. The number of rotatable bonds is 3. The van der Waals surface area contributed by atoms with E-state index in [4.69, 9.17) is 14.6 Å². The highest BCUT2D eigenvalue weighted by Gasteiger charge is 2.44. The first kappa shape index (κ1) is 13.2. The van der Waals surface area contributed by atoms with Crippen LogP contribution in [0.4, 0.5) is 0 Å². The summed E-state index contributed by atoms with van der Waals surface area (Å²) in [5.41, 5.74) is 0.759. The summed E-state index contributed by atoms with van der Waals surface area (Å²) in [6.07, 6.45) is -6.48. The highest BCUT2D eigenvalue weighted by atomic mass is 16.7. The fourth-order valence-corrected chi connectivity index (χ4v) is 1.74. The Morgan fingerprint density at radius 1 is 1.33 bits per heavy atom. The minimum absolute atomic E-state index is 0.192. The molecule has 1 aromatic heterocycles. The van der Waals surface area contributed by atoms with Crippen LogP contribution in [0.5, 0.6) is 5.88 Å². The van der Waals surface area contributed by atoms with E-state index in [1.807, 2.05) is 0 Å². The van der Waals surface area contributed by atoms with E-state index in [-0.39, 0.29) is 5.88 Å². The van der Waals surface area contributed by atoms with Gasteiger partial charge in [-0.25, -0.2) is 0 Å². The molecule has 1 fully saturated rings. The van der Waals surface area contributed by atoms with Crippen molar-refractivity contribution in [1.82, 2.24) is 10.2 Å². The molecule has 0 amide bonds. The van der Waals surface area contributed by atoms with Gasteiger partial charge in [-0.2, -0.15) is 0 Å². The summed E-state index contributed by atoms with van der Waals surface area (Å²) in [7, 11) is 0. The lowest BCUT2D eigenvalue weighted by Crippen LogP contribution is -2.60. The molecule has 1 saturated heterocycles. The van der Waals surface area contributed by atoms with Crippen molar-refractivity contribution < 1.29 is 29.9 Å². The second-order valence-corrected chi connectivity index (χ2v) is 4.20. The van der Waals surface area contributed by atoms with E-state index in [2.05, 4.69) is 10.2 Å². The van der Waals surface area contributed by atoms with Gasteiger partial charge in [-0.05, 0) is 6.92 Å². The zero-order valence-electron chi connectivity index (χ0n) is 9.72. The van der Waals surface area contributed by atoms with Crippen LogP contribution in [0.25, 0.3) is 0 Å². The average Bonchev–Trinajstić information content (AvgIpc) is 2.75. The Morgan fingerprint density at radius 2 is 2.06 bits per heavy atom. The molecule has 2 heterocycles. The monoisotopic (exact) mass is 260 g/mol. The van der Waals surface area contributed by atoms with E-state index in [1.54, 1.807) is 13.0 Å². The lowest BCUT2D eigenvalue weighted by molar-refractivity contribution is -0.278. The third-order valence-electron chi connectivity index (χ3n) is 2.77. The van der Waals surface area contributed by atoms with Crippen molar-refractivity contribution in [2.24, 2.45) is 0 Å². The minimum Gasteiger partial charge on any atom is -0.444 e. The van der Waals surface area contributed by atoms with Crippen LogP contribution in [0.2, 0.25) is 0 Å². The molecule has 0 radical (unpaired) electrons. The van der Waals surface area contributed by atoms with Crippen molar-refractivity contribution in [3.8, 4) is 5.88 Å². The molecule has 1 aliphatic heterocycles. The van der Waals surface area contributed by atoms with Gasteiger partial charge < -0.3 is 29.9 Å². The zero-order chi connectivity index (χ0) is 13.3. The minimum atomic E-state index is -1.46. The maximum atomic E-state index is 9.71. The van der Waals surface area contributed by atoms with Crippen LogP contribution < -0.4 is 4.74 Å². The van der Waals surface area contributed by atoms with Gasteiger partial charge in [0.2, 0.25) is 12.2 Å². The van der Waals surface area contributed by atoms with Gasteiger partial charge in [-0.3, -0.25) is 5.10 Å².